The van der Waals surface area contributed by atoms with E-state index in [1.807, 2.05) is 0 Å². The fourth-order valence-electron chi connectivity index (χ4n) is 7.11. The topological polar surface area (TPSA) is 59.1 Å². The van der Waals surface area contributed by atoms with Crippen LogP contribution in [0.2, 0.25) is 0 Å². The molecule has 0 fully saturated rings. The van der Waals surface area contributed by atoms with Crippen molar-refractivity contribution in [1.82, 2.24) is 0 Å². The average molecular weight is 759 g/mol. The fourth-order valence-corrected chi connectivity index (χ4v) is 15.4. The van der Waals surface area contributed by atoms with Gasteiger partial charge in [0, 0.05) is 0 Å². The molecule has 4 aromatic rings. The number of anilines is 2. The van der Waals surface area contributed by atoms with Crippen LogP contribution in [-0.2, 0) is 26.1 Å². The van der Waals surface area contributed by atoms with Gasteiger partial charge in [-0.25, -0.2) is 0 Å². The van der Waals surface area contributed by atoms with Gasteiger partial charge >= 0.3 is 311 Å². The molecule has 0 saturated carbocycles. The summed E-state index contributed by atoms with van der Waals surface area (Å²) in [6, 6.07) is 21.0. The predicted molar refractivity (Wildman–Crippen MR) is 196 cm³/mol. The monoisotopic (exact) mass is 758 g/mol. The number of benzene rings is 4. The number of methoxy groups -OCH3 is 2. The molecule has 6 rings (SSSR count). The third-order valence-corrected chi connectivity index (χ3v) is 17.5. The van der Waals surface area contributed by atoms with E-state index in [0.717, 1.165) is 12.1 Å². The van der Waals surface area contributed by atoms with Crippen LogP contribution in [0, 0.1) is 23.3 Å². The van der Waals surface area contributed by atoms with Crippen molar-refractivity contribution in [2.45, 2.75) is 12.8 Å². The van der Waals surface area contributed by atoms with Crippen molar-refractivity contribution in [3.8, 4) is 0 Å². The molecule has 272 valence electrons. The van der Waals surface area contributed by atoms with Gasteiger partial charge in [0.1, 0.15) is 0 Å². The molecule has 0 heterocycles. The third kappa shape index (κ3) is 7.24. The van der Waals surface area contributed by atoms with Crippen LogP contribution in [0.15, 0.2) is 129 Å². The predicted octanol–water partition coefficient (Wildman–Crippen LogP) is 7.62. The zero-order valence-electron chi connectivity index (χ0n) is 29.3. The van der Waals surface area contributed by atoms with Crippen LogP contribution in [0.1, 0.15) is 33.6 Å². The van der Waals surface area contributed by atoms with Crippen molar-refractivity contribution in [1.29, 1.82) is 0 Å². The van der Waals surface area contributed by atoms with Gasteiger partial charge in [0.2, 0.25) is 0 Å². The van der Waals surface area contributed by atoms with E-state index in [-0.39, 0.29) is 61.6 Å². The first-order valence-electron chi connectivity index (χ1n) is 17.2. The van der Waals surface area contributed by atoms with E-state index in [1.165, 1.54) is 36.2 Å². The molecule has 0 radical (unpaired) electrons. The van der Waals surface area contributed by atoms with E-state index in [0.29, 0.717) is 7.76 Å². The second kappa shape index (κ2) is 16.9. The summed E-state index contributed by atoms with van der Waals surface area (Å²) in [7, 11) is 2.88. The van der Waals surface area contributed by atoms with Crippen LogP contribution in [0.4, 0.5) is 28.9 Å². The van der Waals surface area contributed by atoms with Crippen LogP contribution < -0.4 is 17.5 Å². The molecule has 2 aliphatic carbocycles. The zero-order valence-corrected chi connectivity index (χ0v) is 30.9. The van der Waals surface area contributed by atoms with Gasteiger partial charge in [-0.1, -0.05) is 0 Å². The first-order chi connectivity index (χ1) is 25.7. The number of hydrogen-bond acceptors (Lipinski definition) is 4. The number of hydrogen-bond donors (Lipinski definition) is 0. The maximum atomic E-state index is 17.8. The number of rotatable bonds is 14. The molecule has 0 N–H and O–H groups in total. The normalized spacial score (nSPS) is 13.6. The van der Waals surface area contributed by atoms with Gasteiger partial charge < -0.3 is 0 Å². The second-order valence-corrected chi connectivity index (χ2v) is 18.5. The van der Waals surface area contributed by atoms with Crippen LogP contribution in [-0.4, -0.2) is 52.3 Å². The summed E-state index contributed by atoms with van der Waals surface area (Å²) in [6.07, 6.45) is 10.7. The third-order valence-electron chi connectivity index (χ3n) is 9.55. The van der Waals surface area contributed by atoms with E-state index in [9.17, 15) is 9.59 Å². The Bertz CT molecular complexity index is 1970. The molecular weight excluding hydrogens is 720 g/mol. The molecule has 0 bridgehead atoms. The SMILES string of the molecule is COCCN(C(=O)c1ccccc1)c1ccc(F)[c]([Ti]([C]2=CC=CC2)([C]2=CC=CC2)[c]2c(F)ccc(N(CCOC)C(=O)c3ccccc3)c2F)c1F. The van der Waals surface area contributed by atoms with Crippen molar-refractivity contribution >= 4 is 30.9 Å². The Hall–Kier alpha value is -4.87. The number of carbonyl (C=O) groups excluding carboxylic acids is 2. The van der Waals surface area contributed by atoms with E-state index in [4.69, 9.17) is 9.47 Å². The van der Waals surface area contributed by atoms with Crippen LogP contribution in [0.5, 0.6) is 0 Å². The second-order valence-electron chi connectivity index (χ2n) is 12.5. The number of carbonyl (C=O) groups is 2. The molecule has 53 heavy (non-hydrogen) atoms. The van der Waals surface area contributed by atoms with Gasteiger partial charge in [-0.05, 0) is 0 Å². The molecule has 2 amide bonds. The van der Waals surface area contributed by atoms with Gasteiger partial charge in [0.15, 0.2) is 0 Å². The van der Waals surface area contributed by atoms with Crippen molar-refractivity contribution in [3.63, 3.8) is 0 Å². The van der Waals surface area contributed by atoms with Crippen molar-refractivity contribution in [2.24, 2.45) is 0 Å². The minimum absolute atomic E-state index is 0.0273. The quantitative estimate of drug-likeness (QED) is 0.0982. The Labute approximate surface area is 309 Å². The first-order valence-corrected chi connectivity index (χ1v) is 20.3. The number of amides is 2. The molecule has 0 aliphatic heterocycles. The summed E-state index contributed by atoms with van der Waals surface area (Å²) < 4.78 is 79.8. The summed E-state index contributed by atoms with van der Waals surface area (Å²) in [5.41, 5.74) is 0.0175. The molecule has 4 aromatic carbocycles. The molecular formula is C42H38F4N2O4Ti. The van der Waals surface area contributed by atoms with Crippen molar-refractivity contribution in [3.05, 3.63) is 164 Å². The van der Waals surface area contributed by atoms with E-state index < -0.39 is 59.4 Å². The number of allylic oxidation sites excluding steroid dienone is 8. The standard InChI is InChI=1S/2C16H14F2NO2.2C5H5.Ti/c2*1-21-10-9-19(15-8-7-13(17)11-14(15)18)16(20)12-5-3-2-4-6-12;2*1-2-4-5-3-1;/h2*2-8H,9-10H2,1H3;2*1-3H,4H2;. The maximum absolute atomic E-state index is 17.8. The molecule has 0 aromatic heterocycles. The van der Waals surface area contributed by atoms with Gasteiger partial charge in [-0.3, -0.25) is 0 Å². The summed E-state index contributed by atoms with van der Waals surface area (Å²) >= 11 is -5.37. The Morgan fingerprint density at radius 1 is 0.604 bits per heavy atom. The van der Waals surface area contributed by atoms with Gasteiger partial charge in [0.05, 0.1) is 0 Å². The van der Waals surface area contributed by atoms with Crippen LogP contribution in [0.3, 0.4) is 0 Å². The Morgan fingerprint density at radius 3 is 1.34 bits per heavy atom. The Balaban J connectivity index is 1.65. The summed E-state index contributed by atoms with van der Waals surface area (Å²) in [5, 5.41) is 0. The van der Waals surface area contributed by atoms with Crippen molar-refractivity contribution < 1.29 is 53.2 Å². The minimum atomic E-state index is -5.37. The fraction of sp³-hybridized carbons (Fsp3) is 0.190. The molecule has 6 nitrogen and oxygen atoms in total. The summed E-state index contributed by atoms with van der Waals surface area (Å²) in [6.45, 7) is -0.122. The van der Waals surface area contributed by atoms with Crippen LogP contribution >= 0.6 is 0 Å². The average Bonchev–Trinajstić information content (AvgIpc) is 3.93. The summed E-state index contributed by atoms with van der Waals surface area (Å²) in [5.74, 6) is -5.29. The van der Waals surface area contributed by atoms with Gasteiger partial charge in [-0.2, -0.15) is 0 Å². The molecule has 0 atom stereocenters. The van der Waals surface area contributed by atoms with Crippen LogP contribution in [0.25, 0.3) is 0 Å². The van der Waals surface area contributed by atoms with Gasteiger partial charge in [-0.15, -0.1) is 0 Å². The van der Waals surface area contributed by atoms with Crippen molar-refractivity contribution in [2.75, 3.05) is 50.3 Å². The Kier molecular flexibility index (Phi) is 12.1. The number of ether oxygens (including phenoxy) is 2. The molecule has 0 unspecified atom stereocenters. The summed E-state index contributed by atoms with van der Waals surface area (Å²) in [4.78, 5) is 30.2. The molecule has 11 heteroatoms. The van der Waals surface area contributed by atoms with E-state index in [2.05, 4.69) is 0 Å². The molecule has 2 aliphatic rings. The zero-order chi connectivity index (χ0) is 37.5. The number of nitrogens with zero attached hydrogens (tertiary/aromatic N) is 2. The molecule has 0 spiro atoms. The van der Waals surface area contributed by atoms with Gasteiger partial charge in [0.25, 0.3) is 0 Å². The van der Waals surface area contributed by atoms with E-state index >= 15 is 17.6 Å². The Morgan fingerprint density at radius 2 is 1.00 bits per heavy atom. The molecule has 0 saturated heterocycles. The first kappa shape index (κ1) is 37.9. The van der Waals surface area contributed by atoms with E-state index in [1.54, 1.807) is 97.1 Å². The number of halogens is 4.